The van der Waals surface area contributed by atoms with Crippen molar-refractivity contribution < 1.29 is 19.1 Å². The third-order valence-corrected chi connectivity index (χ3v) is 3.52. The van der Waals surface area contributed by atoms with E-state index in [1.165, 1.54) is 25.3 Å². The van der Waals surface area contributed by atoms with Crippen molar-refractivity contribution in [3.05, 3.63) is 75.2 Å². The average molecular weight is 354 g/mol. The van der Waals surface area contributed by atoms with E-state index in [2.05, 4.69) is 15.0 Å². The highest BCUT2D eigenvalue weighted by Gasteiger charge is 2.09. The number of aromatic nitrogens is 1. The summed E-state index contributed by atoms with van der Waals surface area (Å²) in [5, 5.41) is 2.43. The van der Waals surface area contributed by atoms with E-state index in [1.807, 2.05) is 0 Å². The third-order valence-electron chi connectivity index (χ3n) is 3.52. The van der Waals surface area contributed by atoms with Crippen LogP contribution in [0.4, 0.5) is 0 Å². The number of rotatable bonds is 6. The number of ether oxygens (including phenoxy) is 1. The second kappa shape index (κ2) is 8.57. The Morgan fingerprint density at radius 1 is 1.19 bits per heavy atom. The zero-order chi connectivity index (χ0) is 19.1. The summed E-state index contributed by atoms with van der Waals surface area (Å²) in [5.74, 6) is -1.43. The van der Waals surface area contributed by atoms with Crippen molar-refractivity contribution in [3.63, 3.8) is 0 Å². The minimum atomic E-state index is -0.552. The maximum atomic E-state index is 12.1. The van der Waals surface area contributed by atoms with Crippen molar-refractivity contribution in [2.45, 2.75) is 6.92 Å². The first-order chi connectivity index (χ1) is 12.4. The summed E-state index contributed by atoms with van der Waals surface area (Å²) in [6.45, 7) is 1.49. The second-order valence-corrected chi connectivity index (χ2v) is 5.47. The molecule has 2 aromatic rings. The van der Waals surface area contributed by atoms with Crippen LogP contribution < -0.4 is 10.9 Å². The molecule has 0 spiro atoms. The number of H-pyrrole nitrogens is 1. The first kappa shape index (κ1) is 18.9. The smallest absolute Gasteiger partial charge is 0.325 e. The molecule has 1 aromatic heterocycles. The Morgan fingerprint density at radius 2 is 1.96 bits per heavy atom. The third kappa shape index (κ3) is 5.01. The van der Waals surface area contributed by atoms with E-state index >= 15 is 0 Å². The molecule has 1 amide bonds. The summed E-state index contributed by atoms with van der Waals surface area (Å²) in [6, 6.07) is 9.62. The number of hydrogen-bond donors (Lipinski definition) is 2. The highest BCUT2D eigenvalue weighted by Crippen LogP contribution is 2.08. The van der Waals surface area contributed by atoms with Crippen molar-refractivity contribution >= 4 is 23.7 Å². The second-order valence-electron chi connectivity index (χ2n) is 5.47. The van der Waals surface area contributed by atoms with E-state index < -0.39 is 23.2 Å². The number of carbonyl (C=O) groups is 3. The number of hydrogen-bond acceptors (Lipinski definition) is 5. The Kier molecular flexibility index (Phi) is 6.21. The number of methoxy groups -OCH3 is 1. The number of amides is 1. The molecule has 0 aliphatic carbocycles. The monoisotopic (exact) mass is 354 g/mol. The Labute approximate surface area is 149 Å². The van der Waals surface area contributed by atoms with Crippen LogP contribution >= 0.6 is 0 Å². The SMILES string of the molecule is COC(=O)CNC(=O)c1cccc(/C=C/C(=O)c2ccc(C)[nH]c2=O)c1. The highest BCUT2D eigenvalue weighted by molar-refractivity contribution is 6.06. The summed E-state index contributed by atoms with van der Waals surface area (Å²) in [5.41, 5.74) is 1.19. The van der Waals surface area contributed by atoms with Crippen LogP contribution in [0.2, 0.25) is 0 Å². The molecular formula is C19H18N2O5. The lowest BCUT2D eigenvalue weighted by Gasteiger charge is -2.04. The molecule has 0 bridgehead atoms. The van der Waals surface area contributed by atoms with Gasteiger partial charge in [-0.05, 0) is 42.8 Å². The van der Waals surface area contributed by atoms with E-state index in [0.717, 1.165) is 0 Å². The van der Waals surface area contributed by atoms with Crippen LogP contribution in [0.1, 0.15) is 32.0 Å². The van der Waals surface area contributed by atoms with E-state index in [1.54, 1.807) is 37.3 Å². The molecule has 0 unspecified atom stereocenters. The minimum absolute atomic E-state index is 0.0406. The topological polar surface area (TPSA) is 105 Å². The Hall–Kier alpha value is -3.48. The molecule has 0 aliphatic heterocycles. The fourth-order valence-electron chi connectivity index (χ4n) is 2.14. The van der Waals surface area contributed by atoms with Gasteiger partial charge in [-0.15, -0.1) is 0 Å². The van der Waals surface area contributed by atoms with Crippen molar-refractivity contribution in [2.24, 2.45) is 0 Å². The Bertz CT molecular complexity index is 928. The van der Waals surface area contributed by atoms with E-state index in [-0.39, 0.29) is 12.1 Å². The summed E-state index contributed by atoms with van der Waals surface area (Å²) < 4.78 is 4.45. The van der Waals surface area contributed by atoms with Crippen LogP contribution in [-0.2, 0) is 9.53 Å². The molecule has 134 valence electrons. The van der Waals surface area contributed by atoms with Crippen molar-refractivity contribution in [2.75, 3.05) is 13.7 Å². The van der Waals surface area contributed by atoms with E-state index in [0.29, 0.717) is 16.8 Å². The molecule has 0 atom stereocenters. The van der Waals surface area contributed by atoms with Crippen molar-refractivity contribution in [3.8, 4) is 0 Å². The van der Waals surface area contributed by atoms with Crippen LogP contribution in [0.25, 0.3) is 6.08 Å². The van der Waals surface area contributed by atoms with Crippen molar-refractivity contribution in [1.82, 2.24) is 10.3 Å². The Morgan fingerprint density at radius 3 is 2.65 bits per heavy atom. The normalized spacial score (nSPS) is 10.5. The molecule has 0 radical (unpaired) electrons. The number of allylic oxidation sites excluding steroid dienone is 1. The number of aryl methyl sites for hydroxylation is 1. The van der Waals surface area contributed by atoms with Crippen LogP contribution in [-0.4, -0.2) is 36.3 Å². The fraction of sp³-hybridized carbons (Fsp3) is 0.158. The van der Waals surface area contributed by atoms with Crippen LogP contribution in [0, 0.1) is 6.92 Å². The van der Waals surface area contributed by atoms with Gasteiger partial charge < -0.3 is 15.0 Å². The van der Waals surface area contributed by atoms with Gasteiger partial charge in [0.25, 0.3) is 11.5 Å². The van der Waals surface area contributed by atoms with Crippen LogP contribution in [0.3, 0.4) is 0 Å². The molecule has 2 rings (SSSR count). The largest absolute Gasteiger partial charge is 0.468 e. The van der Waals surface area contributed by atoms with Gasteiger partial charge in [-0.3, -0.25) is 19.2 Å². The van der Waals surface area contributed by atoms with Gasteiger partial charge in [-0.25, -0.2) is 0 Å². The molecule has 0 saturated heterocycles. The number of aromatic amines is 1. The predicted octanol–water partition coefficient (Wildman–Crippen LogP) is 1.48. The number of nitrogens with one attached hydrogen (secondary N) is 2. The summed E-state index contributed by atoms with van der Waals surface area (Å²) in [4.78, 5) is 49.6. The maximum absolute atomic E-state index is 12.1. The molecule has 0 fully saturated rings. The quantitative estimate of drug-likeness (QED) is 0.464. The summed E-state index contributed by atoms with van der Waals surface area (Å²) in [6.07, 6.45) is 2.78. The van der Waals surface area contributed by atoms with Crippen LogP contribution in [0.15, 0.2) is 47.3 Å². The average Bonchev–Trinajstić information content (AvgIpc) is 2.64. The molecular weight excluding hydrogens is 336 g/mol. The molecule has 0 aliphatic rings. The molecule has 7 heteroatoms. The lowest BCUT2D eigenvalue weighted by Crippen LogP contribution is -2.30. The van der Waals surface area contributed by atoms with E-state index in [4.69, 9.17) is 0 Å². The van der Waals surface area contributed by atoms with E-state index in [9.17, 15) is 19.2 Å². The van der Waals surface area contributed by atoms with Gasteiger partial charge in [0.2, 0.25) is 0 Å². The highest BCUT2D eigenvalue weighted by atomic mass is 16.5. The lowest BCUT2D eigenvalue weighted by molar-refractivity contribution is -0.139. The summed E-state index contributed by atoms with van der Waals surface area (Å²) in [7, 11) is 1.23. The first-order valence-electron chi connectivity index (χ1n) is 7.78. The number of esters is 1. The van der Waals surface area contributed by atoms with Gasteiger partial charge in [-0.2, -0.15) is 0 Å². The van der Waals surface area contributed by atoms with Crippen LogP contribution in [0.5, 0.6) is 0 Å². The number of ketones is 1. The summed E-state index contributed by atoms with van der Waals surface area (Å²) >= 11 is 0. The van der Waals surface area contributed by atoms with Gasteiger partial charge in [0.1, 0.15) is 6.54 Å². The number of benzene rings is 1. The van der Waals surface area contributed by atoms with Gasteiger partial charge in [0.15, 0.2) is 5.78 Å². The zero-order valence-electron chi connectivity index (χ0n) is 14.4. The standard InChI is InChI=1S/C19H18N2O5/c1-12-6-8-15(19(25)21-12)16(22)9-7-13-4-3-5-14(10-13)18(24)20-11-17(23)26-2/h3-10H,11H2,1-2H3,(H,20,24)(H,21,25)/b9-7+. The minimum Gasteiger partial charge on any atom is -0.468 e. The number of pyridine rings is 1. The first-order valence-corrected chi connectivity index (χ1v) is 7.78. The maximum Gasteiger partial charge on any atom is 0.325 e. The predicted molar refractivity (Wildman–Crippen MR) is 96.0 cm³/mol. The molecule has 0 saturated carbocycles. The fourth-order valence-corrected chi connectivity index (χ4v) is 2.14. The molecule has 2 N–H and O–H groups in total. The van der Waals surface area contributed by atoms with Gasteiger partial charge >= 0.3 is 5.97 Å². The Balaban J connectivity index is 2.11. The number of carbonyl (C=O) groups excluding carboxylic acids is 3. The molecule has 7 nitrogen and oxygen atoms in total. The lowest BCUT2D eigenvalue weighted by atomic mass is 10.1. The van der Waals surface area contributed by atoms with Gasteiger partial charge in [0, 0.05) is 11.3 Å². The zero-order valence-corrected chi connectivity index (χ0v) is 14.4. The molecule has 1 aromatic carbocycles. The van der Waals surface area contributed by atoms with Crippen molar-refractivity contribution in [1.29, 1.82) is 0 Å². The molecule has 26 heavy (non-hydrogen) atoms. The van der Waals surface area contributed by atoms with Gasteiger partial charge in [-0.1, -0.05) is 18.2 Å². The molecule has 1 heterocycles. The van der Waals surface area contributed by atoms with Gasteiger partial charge in [0.05, 0.1) is 12.7 Å².